The van der Waals surface area contributed by atoms with E-state index in [-0.39, 0.29) is 18.6 Å². The van der Waals surface area contributed by atoms with Crippen LogP contribution >= 0.6 is 0 Å². The van der Waals surface area contributed by atoms with Crippen LogP contribution in [0.5, 0.6) is 5.75 Å². The highest BCUT2D eigenvalue weighted by atomic mass is 16.5. The Balaban J connectivity index is 1.52. The third kappa shape index (κ3) is 4.09. The molecule has 4 rings (SSSR count). The average Bonchev–Trinajstić information content (AvgIpc) is 2.73. The number of ether oxygens (including phenoxy) is 1. The molecule has 1 amide bonds. The van der Waals surface area contributed by atoms with Crippen LogP contribution in [0.1, 0.15) is 32.1 Å². The van der Waals surface area contributed by atoms with Gasteiger partial charge in [-0.2, -0.15) is 0 Å². The van der Waals surface area contributed by atoms with Crippen molar-refractivity contribution >= 4 is 22.6 Å². The van der Waals surface area contributed by atoms with Gasteiger partial charge >= 0.3 is 5.63 Å². The van der Waals surface area contributed by atoms with Crippen molar-refractivity contribution in [3.8, 4) is 5.75 Å². The molecule has 0 aliphatic heterocycles. The van der Waals surface area contributed by atoms with Crippen LogP contribution in [-0.2, 0) is 4.79 Å². The third-order valence-electron chi connectivity index (χ3n) is 5.20. The summed E-state index contributed by atoms with van der Waals surface area (Å²) in [6, 6.07) is 18.3. The number of rotatable bonds is 5. The van der Waals surface area contributed by atoms with Crippen molar-refractivity contribution in [2.45, 2.75) is 38.1 Å². The number of carbonyl (C=O) groups excluding carboxylic acids is 1. The Bertz CT molecular complexity index is 1010. The van der Waals surface area contributed by atoms with Crippen LogP contribution in [0.4, 0.5) is 5.69 Å². The smallest absolute Gasteiger partial charge is 0.336 e. The maximum absolute atomic E-state index is 13.1. The molecule has 1 fully saturated rings. The van der Waals surface area contributed by atoms with Crippen molar-refractivity contribution < 1.29 is 13.9 Å². The molecule has 0 spiro atoms. The lowest BCUT2D eigenvalue weighted by Gasteiger charge is -2.34. The molecular formula is C23H23NO4. The third-order valence-corrected chi connectivity index (χ3v) is 5.20. The Labute approximate surface area is 163 Å². The summed E-state index contributed by atoms with van der Waals surface area (Å²) in [6.45, 7) is -0.0615. The van der Waals surface area contributed by atoms with E-state index in [1.165, 1.54) is 12.5 Å². The van der Waals surface area contributed by atoms with Gasteiger partial charge < -0.3 is 14.1 Å². The molecule has 5 heteroatoms. The van der Waals surface area contributed by atoms with E-state index < -0.39 is 5.63 Å². The summed E-state index contributed by atoms with van der Waals surface area (Å²) < 4.78 is 10.9. The van der Waals surface area contributed by atoms with E-state index >= 15 is 0 Å². The van der Waals surface area contributed by atoms with Crippen molar-refractivity contribution in [1.29, 1.82) is 0 Å². The predicted octanol–water partition coefficient (Wildman–Crippen LogP) is 4.54. The topological polar surface area (TPSA) is 59.8 Å². The van der Waals surface area contributed by atoms with E-state index in [1.54, 1.807) is 18.2 Å². The number of anilines is 1. The largest absolute Gasteiger partial charge is 0.484 e. The molecule has 0 atom stereocenters. The zero-order chi connectivity index (χ0) is 19.3. The monoisotopic (exact) mass is 377 g/mol. The maximum atomic E-state index is 13.1. The van der Waals surface area contributed by atoms with Gasteiger partial charge in [-0.05, 0) is 43.2 Å². The maximum Gasteiger partial charge on any atom is 0.336 e. The van der Waals surface area contributed by atoms with E-state index in [0.29, 0.717) is 11.3 Å². The molecule has 2 aromatic carbocycles. The van der Waals surface area contributed by atoms with Crippen LogP contribution in [-0.4, -0.2) is 18.6 Å². The van der Waals surface area contributed by atoms with Crippen LogP contribution in [0.15, 0.2) is 69.9 Å². The molecule has 0 N–H and O–H groups in total. The minimum atomic E-state index is -0.409. The zero-order valence-corrected chi connectivity index (χ0v) is 15.7. The van der Waals surface area contributed by atoms with Crippen molar-refractivity contribution in [3.05, 3.63) is 71.1 Å². The van der Waals surface area contributed by atoms with Gasteiger partial charge in [-0.15, -0.1) is 0 Å². The number of benzene rings is 2. The fourth-order valence-corrected chi connectivity index (χ4v) is 3.83. The van der Waals surface area contributed by atoms with Crippen LogP contribution in [0.25, 0.3) is 11.0 Å². The molecule has 0 bridgehead atoms. The van der Waals surface area contributed by atoms with Gasteiger partial charge in [0.25, 0.3) is 5.91 Å². The SMILES string of the molecule is O=C(COc1ccc2ccc(=O)oc2c1)N(c1ccccc1)C1CCCCC1. The lowest BCUT2D eigenvalue weighted by atomic mass is 9.93. The molecule has 0 saturated heterocycles. The van der Waals surface area contributed by atoms with Gasteiger partial charge in [0, 0.05) is 29.2 Å². The average molecular weight is 377 g/mol. The van der Waals surface area contributed by atoms with Gasteiger partial charge in [0.05, 0.1) is 0 Å². The van der Waals surface area contributed by atoms with Crippen LogP contribution < -0.4 is 15.3 Å². The molecule has 1 heterocycles. The lowest BCUT2D eigenvalue weighted by Crippen LogP contribution is -2.44. The van der Waals surface area contributed by atoms with Gasteiger partial charge in [0.1, 0.15) is 11.3 Å². The first-order valence-electron chi connectivity index (χ1n) is 9.74. The molecule has 1 saturated carbocycles. The minimum Gasteiger partial charge on any atom is -0.484 e. The van der Waals surface area contributed by atoms with Gasteiger partial charge in [0.15, 0.2) is 6.61 Å². The Morgan fingerprint density at radius 2 is 1.75 bits per heavy atom. The van der Waals surface area contributed by atoms with Crippen LogP contribution in [0.2, 0.25) is 0 Å². The number of para-hydroxylation sites is 1. The summed E-state index contributed by atoms with van der Waals surface area (Å²) in [4.78, 5) is 26.4. The van der Waals surface area contributed by atoms with E-state index in [2.05, 4.69) is 0 Å². The van der Waals surface area contributed by atoms with E-state index in [1.807, 2.05) is 41.3 Å². The molecule has 0 unspecified atom stereocenters. The Morgan fingerprint density at radius 1 is 1.00 bits per heavy atom. The molecule has 1 aliphatic rings. The summed E-state index contributed by atoms with van der Waals surface area (Å²) in [5.74, 6) is 0.444. The first kappa shape index (κ1) is 18.3. The minimum absolute atomic E-state index is 0.0615. The van der Waals surface area contributed by atoms with E-state index in [9.17, 15) is 9.59 Å². The Kier molecular flexibility index (Phi) is 5.42. The van der Waals surface area contributed by atoms with Crippen molar-refractivity contribution in [3.63, 3.8) is 0 Å². The fourth-order valence-electron chi connectivity index (χ4n) is 3.83. The van der Waals surface area contributed by atoms with Crippen LogP contribution in [0.3, 0.4) is 0 Å². The standard InChI is InChI=1S/C23H23NO4/c25-22(16-27-20-13-11-17-12-14-23(26)28-21(17)15-20)24(18-7-3-1-4-8-18)19-9-5-2-6-10-19/h1,3-4,7-8,11-15,19H,2,5-6,9-10,16H2. The number of nitrogens with zero attached hydrogens (tertiary/aromatic N) is 1. The molecule has 5 nitrogen and oxygen atoms in total. The van der Waals surface area contributed by atoms with Crippen molar-refractivity contribution in [2.24, 2.45) is 0 Å². The lowest BCUT2D eigenvalue weighted by molar-refractivity contribution is -0.121. The molecule has 1 aliphatic carbocycles. The highest BCUT2D eigenvalue weighted by Gasteiger charge is 2.27. The molecule has 1 aromatic heterocycles. The number of hydrogen-bond donors (Lipinski definition) is 0. The van der Waals surface area contributed by atoms with Crippen molar-refractivity contribution in [1.82, 2.24) is 0 Å². The molecule has 0 radical (unpaired) electrons. The zero-order valence-electron chi connectivity index (χ0n) is 15.7. The molecule has 3 aromatic rings. The number of amides is 1. The second-order valence-electron chi connectivity index (χ2n) is 7.13. The predicted molar refractivity (Wildman–Crippen MR) is 109 cm³/mol. The van der Waals surface area contributed by atoms with Gasteiger partial charge in [-0.1, -0.05) is 37.5 Å². The molecule has 28 heavy (non-hydrogen) atoms. The summed E-state index contributed by atoms with van der Waals surface area (Å²) in [5.41, 5.74) is 0.949. The highest BCUT2D eigenvalue weighted by Crippen LogP contribution is 2.28. The highest BCUT2D eigenvalue weighted by molar-refractivity contribution is 5.95. The normalized spacial score (nSPS) is 14.7. The summed E-state index contributed by atoms with van der Waals surface area (Å²) in [6.07, 6.45) is 5.55. The summed E-state index contributed by atoms with van der Waals surface area (Å²) in [5, 5.41) is 0.811. The second kappa shape index (κ2) is 8.30. The quantitative estimate of drug-likeness (QED) is 0.613. The molecule has 144 valence electrons. The van der Waals surface area contributed by atoms with E-state index in [0.717, 1.165) is 36.8 Å². The number of hydrogen-bond acceptors (Lipinski definition) is 4. The Morgan fingerprint density at radius 3 is 2.54 bits per heavy atom. The first-order valence-corrected chi connectivity index (χ1v) is 9.74. The van der Waals surface area contributed by atoms with Gasteiger partial charge in [-0.3, -0.25) is 4.79 Å². The molecular weight excluding hydrogens is 354 g/mol. The fraction of sp³-hybridized carbons (Fsp3) is 0.304. The first-order chi connectivity index (χ1) is 13.7. The Hall–Kier alpha value is -3.08. The van der Waals surface area contributed by atoms with E-state index in [4.69, 9.17) is 9.15 Å². The van der Waals surface area contributed by atoms with Crippen LogP contribution in [0, 0.1) is 0 Å². The second-order valence-corrected chi connectivity index (χ2v) is 7.13. The summed E-state index contributed by atoms with van der Waals surface area (Å²) >= 11 is 0. The van der Waals surface area contributed by atoms with Gasteiger partial charge in [0.2, 0.25) is 0 Å². The van der Waals surface area contributed by atoms with Crippen molar-refractivity contribution in [2.75, 3.05) is 11.5 Å². The number of fused-ring (bicyclic) bond motifs is 1. The van der Waals surface area contributed by atoms with Gasteiger partial charge in [-0.25, -0.2) is 4.79 Å². The summed E-state index contributed by atoms with van der Waals surface area (Å²) in [7, 11) is 0. The number of carbonyl (C=O) groups is 1.